The first kappa shape index (κ1) is 14.8. The molecule has 1 spiro atoms. The van der Waals surface area contributed by atoms with Crippen LogP contribution < -0.4 is 15.9 Å². The van der Waals surface area contributed by atoms with Crippen molar-refractivity contribution < 1.29 is 10.2 Å². The topological polar surface area (TPSA) is 77.2 Å². The fourth-order valence-corrected chi connectivity index (χ4v) is 7.41. The maximum atomic E-state index is 11.0. The standard InChI is InChI=1S/C18H16BrN3O2S/c19-8-4-18-5-11(25-10(18)3-9(8)23)22-16-13(18)14-12-7(1-2-20-14)6-21-15(12)17(16)24/h4,6,9-11,22-24H,1-3,5H2. The highest BCUT2D eigenvalue weighted by Crippen LogP contribution is 2.60. The highest BCUT2D eigenvalue weighted by Gasteiger charge is 2.56. The summed E-state index contributed by atoms with van der Waals surface area (Å²) in [5.41, 5.74) is 3.53. The lowest BCUT2D eigenvalue weighted by atomic mass is 9.67. The molecule has 1 saturated heterocycles. The first-order chi connectivity index (χ1) is 12.1. The summed E-state index contributed by atoms with van der Waals surface area (Å²) < 4.78 is 0.848. The Kier molecular flexibility index (Phi) is 2.78. The number of anilines is 1. The van der Waals surface area contributed by atoms with Gasteiger partial charge in [-0.25, -0.2) is 0 Å². The van der Waals surface area contributed by atoms with Gasteiger partial charge in [-0.15, -0.1) is 11.8 Å². The summed E-state index contributed by atoms with van der Waals surface area (Å²) >= 11 is 5.44. The van der Waals surface area contributed by atoms with Crippen LogP contribution in [0.5, 0.6) is 5.75 Å². The lowest BCUT2D eigenvalue weighted by Crippen LogP contribution is -2.48. The van der Waals surface area contributed by atoms with E-state index in [1.54, 1.807) is 0 Å². The van der Waals surface area contributed by atoms with E-state index < -0.39 is 6.10 Å². The van der Waals surface area contributed by atoms with Gasteiger partial charge in [-0.2, -0.15) is 0 Å². The van der Waals surface area contributed by atoms with E-state index in [1.165, 1.54) is 5.57 Å². The Bertz CT molecular complexity index is 1030. The highest BCUT2D eigenvalue weighted by atomic mass is 79.9. The van der Waals surface area contributed by atoms with Gasteiger partial charge in [0, 0.05) is 38.7 Å². The van der Waals surface area contributed by atoms with Crippen molar-refractivity contribution in [3.05, 3.63) is 26.7 Å². The molecule has 1 aromatic rings. The number of aliphatic imine (C=N–C) groups is 1. The molecule has 7 heteroatoms. The lowest BCUT2D eigenvalue weighted by Gasteiger charge is -2.41. The Labute approximate surface area is 156 Å². The van der Waals surface area contributed by atoms with Gasteiger partial charge in [-0.05, 0) is 24.8 Å². The molecule has 128 valence electrons. The average Bonchev–Trinajstić information content (AvgIpc) is 3.13. The minimum Gasteiger partial charge on any atom is -0.504 e. The molecular weight excluding hydrogens is 402 g/mol. The van der Waals surface area contributed by atoms with Crippen LogP contribution in [0.25, 0.3) is 5.57 Å². The number of aromatic hydroxyl groups is 1. The summed E-state index contributed by atoms with van der Waals surface area (Å²) in [6.07, 6.45) is 6.15. The summed E-state index contributed by atoms with van der Waals surface area (Å²) in [6.45, 7) is 0.760. The minimum atomic E-state index is -0.451. The van der Waals surface area contributed by atoms with Gasteiger partial charge < -0.3 is 15.5 Å². The number of thioether (sulfide) groups is 1. The quantitative estimate of drug-likeness (QED) is 0.562. The van der Waals surface area contributed by atoms with Crippen molar-refractivity contribution in [3.8, 4) is 5.75 Å². The average molecular weight is 418 g/mol. The summed E-state index contributed by atoms with van der Waals surface area (Å²) in [5, 5.41) is 27.3. The van der Waals surface area contributed by atoms with Gasteiger partial charge in [0.05, 0.1) is 22.5 Å². The fourth-order valence-electron chi connectivity index (χ4n) is 5.04. The molecule has 0 amide bonds. The SMILES string of the molecule is Oc1c2c(c3c4c1N=CC=4CCN=3)C13C=C(Br)C(O)CC1SC(C3)N2. The monoisotopic (exact) mass is 417 g/mol. The van der Waals surface area contributed by atoms with E-state index in [1.807, 2.05) is 18.0 Å². The summed E-state index contributed by atoms with van der Waals surface area (Å²) in [4.78, 5) is 9.35. The largest absolute Gasteiger partial charge is 0.504 e. The van der Waals surface area contributed by atoms with E-state index in [-0.39, 0.29) is 21.8 Å². The van der Waals surface area contributed by atoms with E-state index in [9.17, 15) is 10.2 Å². The number of hydrogen-bond acceptors (Lipinski definition) is 6. The first-order valence-corrected chi connectivity index (χ1v) is 10.3. The Morgan fingerprint density at radius 3 is 3.16 bits per heavy atom. The van der Waals surface area contributed by atoms with Gasteiger partial charge in [0.25, 0.3) is 0 Å². The highest BCUT2D eigenvalue weighted by molar-refractivity contribution is 9.11. The second-order valence-electron chi connectivity index (χ2n) is 7.37. The van der Waals surface area contributed by atoms with Crippen LogP contribution >= 0.6 is 27.7 Å². The zero-order valence-electron chi connectivity index (χ0n) is 13.3. The van der Waals surface area contributed by atoms with E-state index >= 15 is 0 Å². The van der Waals surface area contributed by atoms with Crippen molar-refractivity contribution in [2.75, 3.05) is 11.9 Å². The van der Waals surface area contributed by atoms with Crippen molar-refractivity contribution >= 4 is 50.9 Å². The second-order valence-corrected chi connectivity index (χ2v) is 9.69. The van der Waals surface area contributed by atoms with Crippen LogP contribution in [-0.4, -0.2) is 39.7 Å². The minimum absolute atomic E-state index is 0.204. The maximum absolute atomic E-state index is 11.0. The van der Waals surface area contributed by atoms with E-state index in [0.29, 0.717) is 12.1 Å². The number of halogens is 1. The van der Waals surface area contributed by atoms with Gasteiger partial charge in [0.2, 0.25) is 0 Å². The number of aliphatic hydroxyl groups excluding tert-OH is 1. The van der Waals surface area contributed by atoms with Gasteiger partial charge in [0.1, 0.15) is 5.69 Å². The van der Waals surface area contributed by atoms with E-state index in [4.69, 9.17) is 4.99 Å². The smallest absolute Gasteiger partial charge is 0.165 e. The fraction of sp³-hybridized carbons (Fsp3) is 0.444. The van der Waals surface area contributed by atoms with Crippen LogP contribution in [0.4, 0.5) is 11.4 Å². The summed E-state index contributed by atoms with van der Waals surface area (Å²) in [5.74, 6) is 0.248. The molecule has 2 bridgehead atoms. The van der Waals surface area contributed by atoms with Crippen molar-refractivity contribution in [2.45, 2.75) is 41.4 Å². The lowest BCUT2D eigenvalue weighted by molar-refractivity contribution is 0.189. The molecule has 6 rings (SSSR count). The Balaban J connectivity index is 1.77. The number of nitrogens with one attached hydrogen (secondary N) is 1. The van der Waals surface area contributed by atoms with Gasteiger partial charge in [0.15, 0.2) is 5.75 Å². The Hall–Kier alpha value is -1.31. The van der Waals surface area contributed by atoms with Crippen LogP contribution in [0.1, 0.15) is 24.8 Å². The van der Waals surface area contributed by atoms with E-state index in [2.05, 4.69) is 32.3 Å². The predicted molar refractivity (Wildman–Crippen MR) is 103 cm³/mol. The van der Waals surface area contributed by atoms with E-state index in [0.717, 1.165) is 45.7 Å². The Morgan fingerprint density at radius 2 is 2.28 bits per heavy atom. The van der Waals surface area contributed by atoms with Gasteiger partial charge >= 0.3 is 0 Å². The van der Waals surface area contributed by atoms with Crippen molar-refractivity contribution in [3.63, 3.8) is 0 Å². The molecule has 5 nitrogen and oxygen atoms in total. The molecule has 5 aliphatic rings. The predicted octanol–water partition coefficient (Wildman–Crippen LogP) is 1.82. The van der Waals surface area contributed by atoms with Gasteiger partial charge in [-0.1, -0.05) is 22.0 Å². The maximum Gasteiger partial charge on any atom is 0.165 e. The van der Waals surface area contributed by atoms with Crippen molar-refractivity contribution in [2.24, 2.45) is 9.98 Å². The summed E-state index contributed by atoms with van der Waals surface area (Å²) in [7, 11) is 0. The number of phenols is 1. The zero-order valence-corrected chi connectivity index (χ0v) is 15.7. The molecule has 4 unspecified atom stereocenters. The number of fused-ring (bicyclic) bond motifs is 3. The number of aliphatic hydroxyl groups is 1. The molecule has 1 aromatic carbocycles. The van der Waals surface area contributed by atoms with Crippen LogP contribution in [0.2, 0.25) is 0 Å². The second kappa shape index (κ2) is 4.69. The molecule has 0 radical (unpaired) electrons. The third-order valence-electron chi connectivity index (χ3n) is 6.09. The molecule has 4 heterocycles. The normalized spacial score (nSPS) is 36.2. The van der Waals surface area contributed by atoms with Crippen LogP contribution in [0.15, 0.2) is 20.5 Å². The van der Waals surface area contributed by atoms with Gasteiger partial charge in [-0.3, -0.25) is 9.98 Å². The zero-order chi connectivity index (χ0) is 16.9. The number of phenolic OH excluding ortho intramolecular Hbond substituents is 1. The number of benzene rings is 1. The van der Waals surface area contributed by atoms with Crippen LogP contribution in [0.3, 0.4) is 0 Å². The van der Waals surface area contributed by atoms with Crippen LogP contribution in [0, 0.1) is 0 Å². The number of hydrogen-bond donors (Lipinski definition) is 3. The molecule has 4 aliphatic heterocycles. The van der Waals surface area contributed by atoms with Crippen molar-refractivity contribution in [1.29, 1.82) is 0 Å². The molecular formula is C18H16BrN3O2S. The number of nitrogens with zero attached hydrogens (tertiary/aromatic N) is 2. The summed E-state index contributed by atoms with van der Waals surface area (Å²) in [6, 6.07) is 0. The van der Waals surface area contributed by atoms with Crippen LogP contribution in [-0.2, 0) is 5.41 Å². The Morgan fingerprint density at radius 1 is 1.40 bits per heavy atom. The molecule has 1 fully saturated rings. The third kappa shape index (κ3) is 1.70. The molecule has 25 heavy (non-hydrogen) atoms. The molecule has 3 N–H and O–H groups in total. The first-order valence-electron chi connectivity index (χ1n) is 8.58. The number of rotatable bonds is 0. The molecule has 0 aromatic heterocycles. The third-order valence-corrected chi connectivity index (χ3v) is 8.40. The number of allylic oxidation sites excluding steroid dienone is 1. The molecule has 1 aliphatic carbocycles. The molecule has 4 atom stereocenters. The van der Waals surface area contributed by atoms with Crippen molar-refractivity contribution in [1.82, 2.24) is 0 Å². The molecule has 0 saturated carbocycles.